The van der Waals surface area contributed by atoms with E-state index >= 15 is 0 Å². The van der Waals surface area contributed by atoms with Crippen molar-refractivity contribution in [1.29, 1.82) is 0 Å². The largest absolute Gasteiger partial charge is 0.496 e. The summed E-state index contributed by atoms with van der Waals surface area (Å²) in [5.74, 6) is 0.831. The second kappa shape index (κ2) is 4.45. The molecule has 1 rings (SSSR count). The van der Waals surface area contributed by atoms with Crippen molar-refractivity contribution in [2.45, 2.75) is 31.1 Å². The third-order valence-corrected chi connectivity index (χ3v) is 3.10. The van der Waals surface area contributed by atoms with Gasteiger partial charge in [-0.3, -0.25) is 0 Å². The van der Waals surface area contributed by atoms with E-state index in [2.05, 4.69) is 32.9 Å². The van der Waals surface area contributed by atoms with Crippen LogP contribution in [0.25, 0.3) is 0 Å². The number of hydrogen-bond acceptors (Lipinski definition) is 2. The molecule has 0 fully saturated rings. The van der Waals surface area contributed by atoms with Crippen molar-refractivity contribution in [2.75, 3.05) is 7.11 Å². The van der Waals surface area contributed by atoms with Gasteiger partial charge >= 0.3 is 0 Å². The Morgan fingerprint density at radius 1 is 1.29 bits per heavy atom. The molecular formula is C11H15ClOS. The molecule has 0 saturated carbocycles. The monoisotopic (exact) mass is 230 g/mol. The Kier molecular flexibility index (Phi) is 3.73. The quantitative estimate of drug-likeness (QED) is 0.752. The molecule has 0 saturated heterocycles. The lowest BCUT2D eigenvalue weighted by molar-refractivity contribution is 0.404. The fourth-order valence-corrected chi connectivity index (χ4v) is 1.96. The lowest BCUT2D eigenvalue weighted by Gasteiger charge is -2.20. The molecule has 0 spiro atoms. The number of halogens is 1. The molecule has 0 radical (unpaired) electrons. The van der Waals surface area contributed by atoms with Gasteiger partial charge in [-0.05, 0) is 44.8 Å². The maximum absolute atomic E-state index is 5.77. The van der Waals surface area contributed by atoms with Crippen molar-refractivity contribution in [3.05, 3.63) is 23.8 Å². The first-order valence-electron chi connectivity index (χ1n) is 4.46. The third kappa shape index (κ3) is 2.58. The van der Waals surface area contributed by atoms with E-state index in [-0.39, 0.29) is 5.41 Å². The van der Waals surface area contributed by atoms with E-state index in [1.165, 1.54) is 16.5 Å². The van der Waals surface area contributed by atoms with E-state index < -0.39 is 0 Å². The number of rotatable bonds is 2. The maximum Gasteiger partial charge on any atom is 0.133 e. The summed E-state index contributed by atoms with van der Waals surface area (Å²) >= 11 is 0. The molecule has 3 heteroatoms. The van der Waals surface area contributed by atoms with E-state index in [0.717, 1.165) is 10.6 Å². The predicted octanol–water partition coefficient (Wildman–Crippen LogP) is 4.24. The average molecular weight is 231 g/mol. The summed E-state index contributed by atoms with van der Waals surface area (Å²) in [5.41, 5.74) is 1.41. The molecule has 0 aliphatic heterocycles. The minimum atomic E-state index is 0.146. The Morgan fingerprint density at radius 3 is 2.36 bits per heavy atom. The molecular weight excluding hydrogens is 216 g/mol. The lowest BCUT2D eigenvalue weighted by Crippen LogP contribution is -2.10. The van der Waals surface area contributed by atoms with Crippen molar-refractivity contribution in [3.8, 4) is 5.75 Å². The first-order valence-corrected chi connectivity index (χ1v) is 6.10. The van der Waals surface area contributed by atoms with Crippen molar-refractivity contribution >= 4 is 21.7 Å². The molecule has 0 N–H and O–H groups in total. The van der Waals surface area contributed by atoms with Crippen LogP contribution in [-0.2, 0) is 5.41 Å². The minimum Gasteiger partial charge on any atom is -0.496 e. The Bertz CT molecular complexity index is 318. The topological polar surface area (TPSA) is 9.23 Å². The zero-order valence-corrected chi connectivity index (χ0v) is 10.5. The summed E-state index contributed by atoms with van der Waals surface area (Å²) in [5, 5.41) is 0. The smallest absolute Gasteiger partial charge is 0.133 e. The predicted molar refractivity (Wildman–Crippen MR) is 63.4 cm³/mol. The van der Waals surface area contributed by atoms with Gasteiger partial charge in [-0.25, -0.2) is 0 Å². The molecule has 0 aliphatic rings. The second-order valence-corrected chi connectivity index (χ2v) is 5.25. The van der Waals surface area contributed by atoms with Crippen LogP contribution >= 0.6 is 21.7 Å². The zero-order valence-electron chi connectivity index (χ0n) is 8.93. The molecule has 1 nitrogen and oxygen atoms in total. The van der Waals surface area contributed by atoms with E-state index in [9.17, 15) is 0 Å². The van der Waals surface area contributed by atoms with Crippen LogP contribution in [0.3, 0.4) is 0 Å². The SMILES string of the molecule is COc1ccc(C(C)(C)C)cc1SCl. The van der Waals surface area contributed by atoms with Crippen LogP contribution in [0, 0.1) is 0 Å². The fraction of sp³-hybridized carbons (Fsp3) is 0.455. The molecule has 0 aromatic heterocycles. The maximum atomic E-state index is 5.77. The van der Waals surface area contributed by atoms with Gasteiger partial charge in [0.1, 0.15) is 5.75 Å². The molecule has 0 aliphatic carbocycles. The zero-order chi connectivity index (χ0) is 10.8. The minimum absolute atomic E-state index is 0.146. The van der Waals surface area contributed by atoms with Crippen molar-refractivity contribution < 1.29 is 4.74 Å². The highest BCUT2D eigenvalue weighted by Crippen LogP contribution is 2.35. The molecule has 0 unspecified atom stereocenters. The molecule has 78 valence electrons. The highest BCUT2D eigenvalue weighted by atomic mass is 35.7. The van der Waals surface area contributed by atoms with Gasteiger partial charge in [-0.1, -0.05) is 26.8 Å². The molecule has 1 aromatic rings. The van der Waals surface area contributed by atoms with Gasteiger partial charge in [0.05, 0.1) is 12.0 Å². The van der Waals surface area contributed by atoms with Gasteiger partial charge in [0.25, 0.3) is 0 Å². The number of benzene rings is 1. The van der Waals surface area contributed by atoms with Crippen LogP contribution in [0.5, 0.6) is 5.75 Å². The van der Waals surface area contributed by atoms with Crippen molar-refractivity contribution in [1.82, 2.24) is 0 Å². The van der Waals surface area contributed by atoms with Gasteiger partial charge in [0.2, 0.25) is 0 Å². The molecule has 1 aromatic carbocycles. The summed E-state index contributed by atoms with van der Waals surface area (Å²) in [4.78, 5) is 0.974. The first-order chi connectivity index (χ1) is 6.49. The fourth-order valence-electron chi connectivity index (χ4n) is 1.20. The van der Waals surface area contributed by atoms with Crippen molar-refractivity contribution in [2.24, 2.45) is 0 Å². The van der Waals surface area contributed by atoms with E-state index in [1.54, 1.807) is 7.11 Å². The van der Waals surface area contributed by atoms with Crippen LogP contribution < -0.4 is 4.74 Å². The molecule has 0 heterocycles. The van der Waals surface area contributed by atoms with E-state index in [0.29, 0.717) is 0 Å². The Morgan fingerprint density at radius 2 is 1.93 bits per heavy atom. The van der Waals surface area contributed by atoms with E-state index in [1.807, 2.05) is 6.07 Å². The van der Waals surface area contributed by atoms with Crippen molar-refractivity contribution in [3.63, 3.8) is 0 Å². The Labute approximate surface area is 94.3 Å². The summed E-state index contributed by atoms with van der Waals surface area (Å²) < 4.78 is 5.20. The van der Waals surface area contributed by atoms with Crippen LogP contribution in [0.15, 0.2) is 23.1 Å². The normalized spacial score (nSPS) is 11.5. The van der Waals surface area contributed by atoms with Crippen LogP contribution in [-0.4, -0.2) is 7.11 Å². The summed E-state index contributed by atoms with van der Waals surface area (Å²) in [6, 6.07) is 6.12. The summed E-state index contributed by atoms with van der Waals surface area (Å²) in [6.07, 6.45) is 0. The third-order valence-electron chi connectivity index (χ3n) is 2.11. The molecule has 0 amide bonds. The standard InChI is InChI=1S/C11H15ClOS/c1-11(2,3)8-5-6-9(13-4)10(7-8)14-12/h5-7H,1-4H3. The Hall–Kier alpha value is -0.340. The molecule has 14 heavy (non-hydrogen) atoms. The van der Waals surface area contributed by atoms with Crippen LogP contribution in [0.2, 0.25) is 0 Å². The lowest BCUT2D eigenvalue weighted by atomic mass is 9.87. The summed E-state index contributed by atoms with van der Waals surface area (Å²) in [7, 11) is 8.62. The number of ether oxygens (including phenoxy) is 1. The van der Waals surface area contributed by atoms with Gasteiger partial charge in [0.15, 0.2) is 0 Å². The second-order valence-electron chi connectivity index (χ2n) is 4.19. The molecule has 0 atom stereocenters. The van der Waals surface area contributed by atoms with Crippen LogP contribution in [0.1, 0.15) is 26.3 Å². The first kappa shape index (κ1) is 11.7. The number of hydrogen-bond donors (Lipinski definition) is 0. The summed E-state index contributed by atoms with van der Waals surface area (Å²) in [6.45, 7) is 6.53. The Balaban J connectivity index is 3.14. The highest BCUT2D eigenvalue weighted by Gasteiger charge is 2.15. The van der Waals surface area contributed by atoms with Gasteiger partial charge in [0, 0.05) is 0 Å². The number of methoxy groups -OCH3 is 1. The van der Waals surface area contributed by atoms with E-state index in [4.69, 9.17) is 15.4 Å². The average Bonchev–Trinajstić information content (AvgIpc) is 2.15. The molecule has 0 bridgehead atoms. The van der Waals surface area contributed by atoms with Gasteiger partial charge < -0.3 is 4.74 Å². The highest BCUT2D eigenvalue weighted by molar-refractivity contribution is 8.21. The van der Waals surface area contributed by atoms with Crippen LogP contribution in [0.4, 0.5) is 0 Å². The van der Waals surface area contributed by atoms with Gasteiger partial charge in [-0.15, -0.1) is 0 Å². The van der Waals surface area contributed by atoms with Gasteiger partial charge in [-0.2, -0.15) is 0 Å².